The number of benzene rings is 1. The Balaban J connectivity index is 1.39. The van der Waals surface area contributed by atoms with E-state index < -0.39 is 18.0 Å². The number of thiazole rings is 1. The summed E-state index contributed by atoms with van der Waals surface area (Å²) in [5, 5.41) is 3.31. The molecule has 0 unspecified atom stereocenters. The third-order valence-corrected chi connectivity index (χ3v) is 5.03. The van der Waals surface area contributed by atoms with Crippen molar-refractivity contribution in [3.8, 4) is 10.8 Å². The number of fused-ring (bicyclic) bond motifs is 1. The van der Waals surface area contributed by atoms with Gasteiger partial charge in [0.05, 0.1) is 23.0 Å². The summed E-state index contributed by atoms with van der Waals surface area (Å²) in [6.45, 7) is 1.71. The van der Waals surface area contributed by atoms with Crippen molar-refractivity contribution >= 4 is 33.4 Å². The molecule has 0 bridgehead atoms. The van der Waals surface area contributed by atoms with Crippen LogP contribution in [0.25, 0.3) is 21.0 Å². The number of carbonyl (C=O) groups is 2. The van der Waals surface area contributed by atoms with Gasteiger partial charge in [0.2, 0.25) is 5.76 Å². The molecule has 1 aromatic carbocycles. The zero-order chi connectivity index (χ0) is 19.5. The quantitative estimate of drug-likeness (QED) is 0.495. The summed E-state index contributed by atoms with van der Waals surface area (Å²) in [4.78, 5) is 28.8. The number of hydrogen-bond acceptors (Lipinski definition) is 7. The molecule has 4 rings (SSSR count). The number of aromatic nitrogens is 1. The average molecular weight is 396 g/mol. The Hall–Kier alpha value is -3.39. The molecule has 28 heavy (non-hydrogen) atoms. The van der Waals surface area contributed by atoms with Crippen molar-refractivity contribution in [2.45, 2.75) is 19.6 Å². The minimum atomic E-state index is -0.974. The number of rotatable bonds is 6. The Labute approximate surface area is 163 Å². The van der Waals surface area contributed by atoms with Crippen molar-refractivity contribution in [2.75, 3.05) is 0 Å². The first-order chi connectivity index (χ1) is 13.6. The molecule has 4 aromatic rings. The molecule has 1 N–H and O–H groups in total. The summed E-state index contributed by atoms with van der Waals surface area (Å²) >= 11 is 1.47. The largest absolute Gasteiger partial charge is 0.467 e. The Morgan fingerprint density at radius 1 is 1.18 bits per heavy atom. The highest BCUT2D eigenvalue weighted by atomic mass is 32.1. The van der Waals surface area contributed by atoms with Crippen LogP contribution in [-0.4, -0.2) is 23.0 Å². The van der Waals surface area contributed by atoms with Crippen LogP contribution in [0.5, 0.6) is 0 Å². The average Bonchev–Trinajstić information content (AvgIpc) is 3.45. The third kappa shape index (κ3) is 3.81. The molecule has 3 aromatic heterocycles. The maximum absolute atomic E-state index is 12.3. The summed E-state index contributed by atoms with van der Waals surface area (Å²) in [6, 6.07) is 14.4. The standard InChI is InChI=1S/C20H16N2O5S/c1-12(18(23)21-11-13-5-4-10-25-13)26-20(24)16-9-8-15(27-16)19-22-14-6-2-3-7-17(14)28-19/h2-10,12H,11H2,1H3,(H,21,23)/t12-/m1/s1. The number of amides is 1. The molecular formula is C20H16N2O5S. The van der Waals surface area contributed by atoms with E-state index in [0.29, 0.717) is 16.5 Å². The fourth-order valence-corrected chi connectivity index (χ4v) is 3.47. The molecular weight excluding hydrogens is 380 g/mol. The van der Waals surface area contributed by atoms with Gasteiger partial charge in [-0.1, -0.05) is 12.1 Å². The molecule has 0 saturated heterocycles. The SMILES string of the molecule is C[C@@H](OC(=O)c1ccc(-c2nc3ccccc3s2)o1)C(=O)NCc1ccco1. The highest BCUT2D eigenvalue weighted by Crippen LogP contribution is 2.31. The van der Waals surface area contributed by atoms with Crippen molar-refractivity contribution in [1.29, 1.82) is 0 Å². The van der Waals surface area contributed by atoms with Crippen LogP contribution in [0.3, 0.4) is 0 Å². The van der Waals surface area contributed by atoms with Gasteiger partial charge in [-0.3, -0.25) is 4.79 Å². The first kappa shape index (κ1) is 18.0. The van der Waals surface area contributed by atoms with Crippen molar-refractivity contribution < 1.29 is 23.2 Å². The number of ether oxygens (including phenoxy) is 1. The Bertz CT molecular complexity index is 1080. The number of hydrogen-bond donors (Lipinski definition) is 1. The topological polar surface area (TPSA) is 94.6 Å². The van der Waals surface area contributed by atoms with E-state index in [0.717, 1.165) is 10.2 Å². The molecule has 0 radical (unpaired) electrons. The van der Waals surface area contributed by atoms with E-state index in [1.807, 2.05) is 24.3 Å². The van der Waals surface area contributed by atoms with E-state index in [2.05, 4.69) is 10.3 Å². The molecule has 3 heterocycles. The monoisotopic (exact) mass is 396 g/mol. The molecule has 0 fully saturated rings. The van der Waals surface area contributed by atoms with Crippen LogP contribution >= 0.6 is 11.3 Å². The van der Waals surface area contributed by atoms with E-state index in [1.54, 1.807) is 18.2 Å². The van der Waals surface area contributed by atoms with Gasteiger partial charge >= 0.3 is 5.97 Å². The molecule has 0 saturated carbocycles. The van der Waals surface area contributed by atoms with Crippen molar-refractivity contribution in [3.63, 3.8) is 0 Å². The summed E-state index contributed by atoms with van der Waals surface area (Å²) in [5.74, 6) is -0.0443. The van der Waals surface area contributed by atoms with E-state index >= 15 is 0 Å². The summed E-state index contributed by atoms with van der Waals surface area (Å²) < 4.78 is 16.9. The Morgan fingerprint density at radius 2 is 2.04 bits per heavy atom. The second kappa shape index (κ2) is 7.69. The number of esters is 1. The van der Waals surface area contributed by atoms with Gasteiger partial charge in [-0.05, 0) is 43.3 Å². The second-order valence-corrected chi connectivity index (χ2v) is 7.03. The third-order valence-electron chi connectivity index (χ3n) is 3.98. The summed E-state index contributed by atoms with van der Waals surface area (Å²) in [5.41, 5.74) is 0.866. The van der Waals surface area contributed by atoms with E-state index in [4.69, 9.17) is 13.6 Å². The van der Waals surface area contributed by atoms with Crippen LogP contribution in [0.15, 0.2) is 63.6 Å². The van der Waals surface area contributed by atoms with Crippen LogP contribution < -0.4 is 5.32 Å². The number of para-hydroxylation sites is 1. The zero-order valence-electron chi connectivity index (χ0n) is 14.9. The van der Waals surface area contributed by atoms with Gasteiger partial charge < -0.3 is 18.9 Å². The number of carbonyl (C=O) groups excluding carboxylic acids is 2. The van der Waals surface area contributed by atoms with Crippen molar-refractivity contribution in [3.05, 3.63) is 66.3 Å². The van der Waals surface area contributed by atoms with E-state index in [1.165, 1.54) is 30.6 Å². The summed E-state index contributed by atoms with van der Waals surface area (Å²) in [6.07, 6.45) is 0.545. The highest BCUT2D eigenvalue weighted by molar-refractivity contribution is 7.21. The first-order valence-electron chi connectivity index (χ1n) is 8.57. The second-order valence-electron chi connectivity index (χ2n) is 6.00. The lowest BCUT2D eigenvalue weighted by Crippen LogP contribution is -2.35. The Kier molecular flexibility index (Phi) is 4.94. The van der Waals surface area contributed by atoms with Crippen molar-refractivity contribution in [2.24, 2.45) is 0 Å². The number of furan rings is 2. The van der Waals surface area contributed by atoms with Gasteiger partial charge in [0.15, 0.2) is 16.9 Å². The van der Waals surface area contributed by atoms with Gasteiger partial charge in [0.1, 0.15) is 5.76 Å². The smallest absolute Gasteiger partial charge is 0.375 e. The lowest BCUT2D eigenvalue weighted by atomic mass is 10.3. The predicted molar refractivity (Wildman–Crippen MR) is 103 cm³/mol. The maximum Gasteiger partial charge on any atom is 0.375 e. The normalized spacial score (nSPS) is 12.0. The van der Waals surface area contributed by atoms with Crippen LogP contribution in [0.4, 0.5) is 0 Å². The fourth-order valence-electron chi connectivity index (χ4n) is 2.54. The minimum absolute atomic E-state index is 0.0138. The minimum Gasteiger partial charge on any atom is -0.467 e. The predicted octanol–water partition coefficient (Wildman–Crippen LogP) is 4.01. The van der Waals surface area contributed by atoms with E-state index in [9.17, 15) is 9.59 Å². The molecule has 1 amide bonds. The van der Waals surface area contributed by atoms with Gasteiger partial charge in [-0.2, -0.15) is 0 Å². The molecule has 0 spiro atoms. The van der Waals surface area contributed by atoms with Gasteiger partial charge in [0.25, 0.3) is 5.91 Å². The molecule has 1 atom stereocenters. The zero-order valence-corrected chi connectivity index (χ0v) is 15.7. The lowest BCUT2D eigenvalue weighted by Gasteiger charge is -2.11. The molecule has 0 aliphatic rings. The molecule has 0 aliphatic carbocycles. The number of nitrogens with one attached hydrogen (secondary N) is 1. The van der Waals surface area contributed by atoms with Crippen LogP contribution in [0.1, 0.15) is 23.2 Å². The van der Waals surface area contributed by atoms with E-state index in [-0.39, 0.29) is 12.3 Å². The van der Waals surface area contributed by atoms with Crippen molar-refractivity contribution in [1.82, 2.24) is 10.3 Å². The van der Waals surface area contributed by atoms with Gasteiger partial charge in [-0.15, -0.1) is 11.3 Å². The van der Waals surface area contributed by atoms with Crippen LogP contribution in [-0.2, 0) is 16.1 Å². The fraction of sp³-hybridized carbons (Fsp3) is 0.150. The van der Waals surface area contributed by atoms with Gasteiger partial charge in [-0.25, -0.2) is 9.78 Å². The number of nitrogens with zero attached hydrogens (tertiary/aromatic N) is 1. The summed E-state index contributed by atoms with van der Waals surface area (Å²) in [7, 11) is 0. The maximum atomic E-state index is 12.3. The molecule has 142 valence electrons. The Morgan fingerprint density at radius 3 is 2.82 bits per heavy atom. The molecule has 7 nitrogen and oxygen atoms in total. The molecule has 8 heteroatoms. The van der Waals surface area contributed by atoms with Crippen LogP contribution in [0, 0.1) is 0 Å². The highest BCUT2D eigenvalue weighted by Gasteiger charge is 2.22. The first-order valence-corrected chi connectivity index (χ1v) is 9.38. The van der Waals surface area contributed by atoms with Gasteiger partial charge in [0, 0.05) is 0 Å². The molecule has 0 aliphatic heterocycles. The lowest BCUT2D eigenvalue weighted by molar-refractivity contribution is -0.129. The van der Waals surface area contributed by atoms with Crippen LogP contribution in [0.2, 0.25) is 0 Å².